The average molecular weight is 390 g/mol. The number of Topliss-reactive ketones (excluding diaryl/α,β-unsaturated/α-hetero) is 1. The topological polar surface area (TPSA) is 96.5 Å². The summed E-state index contributed by atoms with van der Waals surface area (Å²) in [6.45, 7) is 3.30. The third-order valence-electron chi connectivity index (χ3n) is 5.12. The summed E-state index contributed by atoms with van der Waals surface area (Å²) >= 11 is 0. The fourth-order valence-corrected chi connectivity index (χ4v) is 3.57. The number of nitrogens with zero attached hydrogens (tertiary/aromatic N) is 1. The van der Waals surface area contributed by atoms with E-state index >= 15 is 0 Å². The maximum atomic E-state index is 12.9. The molecule has 2 amide bonds. The largest absolute Gasteiger partial charge is 0.451 e. The Morgan fingerprint density at radius 2 is 1.72 bits per heavy atom. The Hall–Kier alpha value is -3.74. The molecule has 29 heavy (non-hydrogen) atoms. The molecule has 2 aromatic carbocycles. The highest BCUT2D eigenvalue weighted by Crippen LogP contribution is 2.25. The number of para-hydroxylation sites is 1. The van der Waals surface area contributed by atoms with Gasteiger partial charge >= 0.3 is 5.97 Å². The van der Waals surface area contributed by atoms with Crippen molar-refractivity contribution >= 4 is 34.5 Å². The van der Waals surface area contributed by atoms with Gasteiger partial charge in [0.15, 0.2) is 6.10 Å². The highest BCUT2D eigenvalue weighted by molar-refractivity contribution is 6.21. The fraction of sp³-hybridized carbons (Fsp3) is 0.182. The van der Waals surface area contributed by atoms with Crippen LogP contribution in [-0.4, -0.2) is 46.6 Å². The molecule has 0 saturated carbocycles. The van der Waals surface area contributed by atoms with Crippen LogP contribution in [0.2, 0.25) is 0 Å². The van der Waals surface area contributed by atoms with Gasteiger partial charge in [0.05, 0.1) is 16.7 Å². The number of nitrogens with one attached hydrogen (secondary N) is 1. The maximum absolute atomic E-state index is 12.9. The SMILES string of the molecule is Cc1[nH]c2ccccc2c1C(=O)C(C)OC(=O)c1ccc2c(c1)C(=O)N(C)C2=O. The van der Waals surface area contributed by atoms with Crippen molar-refractivity contribution in [3.05, 3.63) is 70.4 Å². The molecule has 0 radical (unpaired) electrons. The molecule has 0 bridgehead atoms. The number of amides is 2. The summed E-state index contributed by atoms with van der Waals surface area (Å²) < 4.78 is 5.36. The normalized spacial score (nSPS) is 14.2. The predicted octanol–water partition coefficient (Wildman–Crippen LogP) is 3.13. The predicted molar refractivity (Wildman–Crippen MR) is 105 cm³/mol. The summed E-state index contributed by atoms with van der Waals surface area (Å²) in [6, 6.07) is 11.6. The first-order valence-corrected chi connectivity index (χ1v) is 9.08. The number of aromatic nitrogens is 1. The molecule has 1 aliphatic heterocycles. The summed E-state index contributed by atoms with van der Waals surface area (Å²) in [4.78, 5) is 53.7. The standard InChI is InChI=1S/C22H18N2O5/c1-11-18(15-6-4-5-7-17(15)23-11)19(25)12(2)29-22(28)13-8-9-14-16(10-13)21(27)24(3)20(14)26/h4-10,12,23H,1-3H3. The molecule has 146 valence electrons. The van der Waals surface area contributed by atoms with E-state index in [1.165, 1.54) is 32.2 Å². The number of rotatable bonds is 4. The molecule has 7 heteroatoms. The summed E-state index contributed by atoms with van der Waals surface area (Å²) in [5, 5.41) is 0.766. The van der Waals surface area contributed by atoms with E-state index in [1.54, 1.807) is 6.92 Å². The molecular weight excluding hydrogens is 372 g/mol. The number of imide groups is 1. The number of fused-ring (bicyclic) bond motifs is 2. The van der Waals surface area contributed by atoms with Crippen LogP contribution in [-0.2, 0) is 4.74 Å². The highest BCUT2D eigenvalue weighted by atomic mass is 16.5. The van der Waals surface area contributed by atoms with Gasteiger partial charge in [0.1, 0.15) is 0 Å². The van der Waals surface area contributed by atoms with E-state index in [2.05, 4.69) is 4.98 Å². The van der Waals surface area contributed by atoms with Gasteiger partial charge in [-0.2, -0.15) is 0 Å². The number of carbonyl (C=O) groups excluding carboxylic acids is 4. The molecule has 3 aromatic rings. The lowest BCUT2D eigenvalue weighted by Gasteiger charge is -2.13. The molecule has 0 saturated heterocycles. The molecule has 0 spiro atoms. The van der Waals surface area contributed by atoms with Crippen LogP contribution >= 0.6 is 0 Å². The Labute approximate surface area is 166 Å². The van der Waals surface area contributed by atoms with Gasteiger partial charge in [-0.05, 0) is 38.1 Å². The highest BCUT2D eigenvalue weighted by Gasteiger charge is 2.33. The van der Waals surface area contributed by atoms with Crippen molar-refractivity contribution in [2.45, 2.75) is 20.0 Å². The fourth-order valence-electron chi connectivity index (χ4n) is 3.57. The first kappa shape index (κ1) is 18.6. The van der Waals surface area contributed by atoms with E-state index in [0.717, 1.165) is 15.8 Å². The Morgan fingerprint density at radius 1 is 1.03 bits per heavy atom. The van der Waals surface area contributed by atoms with E-state index in [-0.39, 0.29) is 22.5 Å². The van der Waals surface area contributed by atoms with Crippen molar-refractivity contribution < 1.29 is 23.9 Å². The summed E-state index contributed by atoms with van der Waals surface area (Å²) in [7, 11) is 1.38. The first-order valence-electron chi connectivity index (χ1n) is 9.08. The smallest absolute Gasteiger partial charge is 0.338 e. The molecule has 1 aliphatic rings. The Kier molecular flexibility index (Phi) is 4.30. The summed E-state index contributed by atoms with van der Waals surface area (Å²) in [5.41, 5.74) is 2.51. The molecule has 1 atom stereocenters. The van der Waals surface area contributed by atoms with Gasteiger partial charge in [-0.1, -0.05) is 18.2 Å². The third-order valence-corrected chi connectivity index (χ3v) is 5.12. The molecule has 4 rings (SSSR count). The van der Waals surface area contributed by atoms with Crippen LogP contribution in [0, 0.1) is 6.92 Å². The van der Waals surface area contributed by atoms with Crippen LogP contribution in [0.1, 0.15) is 54.0 Å². The van der Waals surface area contributed by atoms with Crippen molar-refractivity contribution in [2.24, 2.45) is 0 Å². The van der Waals surface area contributed by atoms with Crippen LogP contribution in [0.5, 0.6) is 0 Å². The van der Waals surface area contributed by atoms with Crippen molar-refractivity contribution in [1.82, 2.24) is 9.88 Å². The van der Waals surface area contributed by atoms with Crippen molar-refractivity contribution in [3.8, 4) is 0 Å². The molecule has 2 heterocycles. The number of benzene rings is 2. The second-order valence-corrected chi connectivity index (χ2v) is 7.01. The zero-order valence-corrected chi connectivity index (χ0v) is 16.1. The first-order chi connectivity index (χ1) is 13.8. The third kappa shape index (κ3) is 2.91. The van der Waals surface area contributed by atoms with Crippen LogP contribution < -0.4 is 0 Å². The Balaban J connectivity index is 1.57. The molecule has 1 N–H and O–H groups in total. The number of ketones is 1. The van der Waals surface area contributed by atoms with E-state index in [0.29, 0.717) is 11.3 Å². The van der Waals surface area contributed by atoms with Crippen LogP contribution in [0.3, 0.4) is 0 Å². The monoisotopic (exact) mass is 390 g/mol. The number of aromatic amines is 1. The minimum Gasteiger partial charge on any atom is -0.451 e. The average Bonchev–Trinajstić information content (AvgIpc) is 3.16. The Bertz CT molecular complexity index is 1210. The maximum Gasteiger partial charge on any atom is 0.338 e. The number of ether oxygens (including phenoxy) is 1. The number of carbonyl (C=O) groups is 4. The van der Waals surface area contributed by atoms with Gasteiger partial charge in [0.25, 0.3) is 11.8 Å². The number of aryl methyl sites for hydroxylation is 1. The molecule has 1 aromatic heterocycles. The zero-order chi connectivity index (χ0) is 20.9. The van der Waals surface area contributed by atoms with Crippen molar-refractivity contribution in [1.29, 1.82) is 0 Å². The number of hydrogen-bond acceptors (Lipinski definition) is 5. The van der Waals surface area contributed by atoms with Gasteiger partial charge < -0.3 is 9.72 Å². The van der Waals surface area contributed by atoms with Crippen LogP contribution in [0.4, 0.5) is 0 Å². The number of H-pyrrole nitrogens is 1. The van der Waals surface area contributed by atoms with Crippen LogP contribution in [0.25, 0.3) is 10.9 Å². The van der Waals surface area contributed by atoms with E-state index in [1.807, 2.05) is 24.3 Å². The zero-order valence-electron chi connectivity index (χ0n) is 16.1. The molecule has 7 nitrogen and oxygen atoms in total. The van der Waals surface area contributed by atoms with Crippen molar-refractivity contribution in [2.75, 3.05) is 7.05 Å². The Morgan fingerprint density at radius 3 is 2.48 bits per heavy atom. The lowest BCUT2D eigenvalue weighted by atomic mass is 10.0. The lowest BCUT2D eigenvalue weighted by Crippen LogP contribution is -2.25. The summed E-state index contributed by atoms with van der Waals surface area (Å²) in [6.07, 6.45) is -1.02. The minimum atomic E-state index is -1.02. The summed E-state index contributed by atoms with van der Waals surface area (Å²) in [5.74, 6) is -1.94. The number of esters is 1. The van der Waals surface area contributed by atoms with Gasteiger partial charge in [0, 0.05) is 29.2 Å². The van der Waals surface area contributed by atoms with Gasteiger partial charge in [-0.15, -0.1) is 0 Å². The van der Waals surface area contributed by atoms with E-state index < -0.39 is 23.9 Å². The van der Waals surface area contributed by atoms with Gasteiger partial charge in [0.2, 0.25) is 5.78 Å². The van der Waals surface area contributed by atoms with Gasteiger partial charge in [-0.25, -0.2) is 4.79 Å². The molecular formula is C22H18N2O5. The molecule has 0 fully saturated rings. The number of hydrogen-bond donors (Lipinski definition) is 1. The van der Waals surface area contributed by atoms with E-state index in [4.69, 9.17) is 4.74 Å². The molecule has 1 unspecified atom stereocenters. The lowest BCUT2D eigenvalue weighted by molar-refractivity contribution is 0.0319. The molecule has 0 aliphatic carbocycles. The van der Waals surface area contributed by atoms with Gasteiger partial charge in [-0.3, -0.25) is 19.3 Å². The van der Waals surface area contributed by atoms with Crippen molar-refractivity contribution in [3.63, 3.8) is 0 Å². The van der Waals surface area contributed by atoms with E-state index in [9.17, 15) is 19.2 Å². The second kappa shape index (κ2) is 6.70. The second-order valence-electron chi connectivity index (χ2n) is 7.01. The quantitative estimate of drug-likeness (QED) is 0.419. The van der Waals surface area contributed by atoms with Crippen LogP contribution in [0.15, 0.2) is 42.5 Å². The minimum absolute atomic E-state index is 0.107.